The highest BCUT2D eigenvalue weighted by Gasteiger charge is 2.35. The van der Waals surface area contributed by atoms with Gasteiger partial charge in [-0.2, -0.15) is 13.2 Å². The fourth-order valence-electron chi connectivity index (χ4n) is 3.15. The number of benzene rings is 1. The van der Waals surface area contributed by atoms with Gasteiger partial charge in [0.25, 0.3) is 0 Å². The molecule has 2 aromatic rings. The van der Waals surface area contributed by atoms with Crippen LogP contribution in [0.3, 0.4) is 0 Å². The minimum absolute atomic E-state index is 0.170. The van der Waals surface area contributed by atoms with Crippen molar-refractivity contribution in [3.8, 4) is 11.5 Å². The van der Waals surface area contributed by atoms with Gasteiger partial charge in [-0.25, -0.2) is 0 Å². The zero-order valence-electron chi connectivity index (χ0n) is 15.5. The van der Waals surface area contributed by atoms with Crippen molar-refractivity contribution in [1.82, 2.24) is 9.88 Å². The molecule has 4 nitrogen and oxygen atoms in total. The summed E-state index contributed by atoms with van der Waals surface area (Å²) in [5.41, 5.74) is -1.08. The molecule has 0 spiro atoms. The summed E-state index contributed by atoms with van der Waals surface area (Å²) in [6.45, 7) is 4.35. The lowest BCUT2D eigenvalue weighted by atomic mass is 9.93. The Morgan fingerprint density at radius 2 is 1.82 bits per heavy atom. The Labute approximate surface area is 167 Å². The van der Waals surface area contributed by atoms with E-state index in [0.29, 0.717) is 11.6 Å². The molecule has 0 radical (unpaired) electrons. The van der Waals surface area contributed by atoms with Crippen molar-refractivity contribution in [2.75, 3.05) is 26.2 Å². The standard InChI is InChI=1S/C20H22ClF3N2O2/c1-19(28-16-4-2-15(21)3-5-16)7-10-26(11-8-19)12-13-27-18-14-25-9-6-17(18)20(22,23)24/h2-6,9,14H,7-8,10-13H2,1H3. The molecular weight excluding hydrogens is 393 g/mol. The Morgan fingerprint density at radius 3 is 2.46 bits per heavy atom. The van der Waals surface area contributed by atoms with Gasteiger partial charge in [-0.05, 0) is 50.1 Å². The average Bonchev–Trinajstić information content (AvgIpc) is 2.65. The first-order valence-electron chi connectivity index (χ1n) is 9.06. The summed E-state index contributed by atoms with van der Waals surface area (Å²) in [5.74, 6) is 0.544. The number of likely N-dealkylation sites (tertiary alicyclic amines) is 1. The summed E-state index contributed by atoms with van der Waals surface area (Å²) in [4.78, 5) is 5.89. The van der Waals surface area contributed by atoms with Gasteiger partial charge in [-0.1, -0.05) is 11.6 Å². The second-order valence-electron chi connectivity index (χ2n) is 7.07. The molecule has 0 bridgehead atoms. The average molecular weight is 415 g/mol. The molecule has 28 heavy (non-hydrogen) atoms. The third-order valence-corrected chi connectivity index (χ3v) is 5.10. The van der Waals surface area contributed by atoms with Crippen LogP contribution in [0, 0.1) is 0 Å². The first-order chi connectivity index (χ1) is 13.3. The first-order valence-corrected chi connectivity index (χ1v) is 9.44. The Balaban J connectivity index is 1.47. The molecule has 0 N–H and O–H groups in total. The van der Waals surface area contributed by atoms with Gasteiger partial charge in [0, 0.05) is 30.9 Å². The van der Waals surface area contributed by atoms with Crippen LogP contribution < -0.4 is 9.47 Å². The highest BCUT2D eigenvalue weighted by molar-refractivity contribution is 6.30. The topological polar surface area (TPSA) is 34.6 Å². The van der Waals surface area contributed by atoms with Crippen molar-refractivity contribution >= 4 is 11.6 Å². The van der Waals surface area contributed by atoms with Crippen molar-refractivity contribution in [1.29, 1.82) is 0 Å². The molecule has 0 amide bonds. The van der Waals surface area contributed by atoms with Crippen molar-refractivity contribution in [3.63, 3.8) is 0 Å². The van der Waals surface area contributed by atoms with Crippen LogP contribution in [-0.4, -0.2) is 41.7 Å². The lowest BCUT2D eigenvalue weighted by Gasteiger charge is -2.39. The van der Waals surface area contributed by atoms with Crippen LogP contribution >= 0.6 is 11.6 Å². The second kappa shape index (κ2) is 8.57. The van der Waals surface area contributed by atoms with E-state index in [2.05, 4.69) is 16.8 Å². The summed E-state index contributed by atoms with van der Waals surface area (Å²) >= 11 is 5.90. The molecule has 1 aliphatic rings. The van der Waals surface area contributed by atoms with Crippen molar-refractivity contribution in [2.45, 2.75) is 31.5 Å². The predicted octanol–water partition coefficient (Wildman–Crippen LogP) is 5.07. The molecule has 1 aliphatic heterocycles. The van der Waals surface area contributed by atoms with E-state index in [9.17, 15) is 13.2 Å². The van der Waals surface area contributed by atoms with E-state index in [-0.39, 0.29) is 18.0 Å². The molecule has 0 unspecified atom stereocenters. The fourth-order valence-corrected chi connectivity index (χ4v) is 3.28. The van der Waals surface area contributed by atoms with Crippen LogP contribution in [0.4, 0.5) is 13.2 Å². The number of rotatable bonds is 6. The molecule has 0 saturated carbocycles. The van der Waals surface area contributed by atoms with Gasteiger partial charge in [-0.15, -0.1) is 0 Å². The normalized spacial score (nSPS) is 17.3. The third-order valence-electron chi connectivity index (χ3n) is 4.85. The quantitative estimate of drug-likeness (QED) is 0.661. The van der Waals surface area contributed by atoms with Gasteiger partial charge >= 0.3 is 6.18 Å². The summed E-state index contributed by atoms with van der Waals surface area (Å²) in [5, 5.41) is 0.662. The molecule has 1 aromatic carbocycles. The Morgan fingerprint density at radius 1 is 1.14 bits per heavy atom. The molecule has 2 heterocycles. The number of ether oxygens (including phenoxy) is 2. The number of nitrogens with zero attached hydrogens (tertiary/aromatic N) is 2. The van der Waals surface area contributed by atoms with E-state index in [1.165, 1.54) is 0 Å². The number of hydrogen-bond acceptors (Lipinski definition) is 4. The summed E-state index contributed by atoms with van der Waals surface area (Å²) < 4.78 is 50.4. The smallest absolute Gasteiger partial charge is 0.420 e. The minimum atomic E-state index is -4.45. The Kier molecular flexibility index (Phi) is 6.35. The lowest BCUT2D eigenvalue weighted by Crippen LogP contribution is -2.47. The largest absolute Gasteiger partial charge is 0.490 e. The van der Waals surface area contributed by atoms with Crippen molar-refractivity contribution < 1.29 is 22.6 Å². The number of hydrogen-bond donors (Lipinski definition) is 0. The zero-order chi connectivity index (χ0) is 20.2. The SMILES string of the molecule is CC1(Oc2ccc(Cl)cc2)CCN(CCOc2cnccc2C(F)(F)F)CC1. The Hall–Kier alpha value is -1.99. The van der Waals surface area contributed by atoms with Crippen LogP contribution in [0.2, 0.25) is 5.02 Å². The van der Waals surface area contributed by atoms with E-state index in [4.69, 9.17) is 21.1 Å². The molecule has 8 heteroatoms. The molecule has 1 aromatic heterocycles. The fraction of sp³-hybridized carbons (Fsp3) is 0.450. The van der Waals surface area contributed by atoms with Gasteiger partial charge in [0.2, 0.25) is 0 Å². The number of halogens is 4. The molecule has 0 atom stereocenters. The van der Waals surface area contributed by atoms with Gasteiger partial charge < -0.3 is 9.47 Å². The van der Waals surface area contributed by atoms with Crippen molar-refractivity contribution in [3.05, 3.63) is 53.3 Å². The monoisotopic (exact) mass is 414 g/mol. The van der Waals surface area contributed by atoms with Crippen molar-refractivity contribution in [2.24, 2.45) is 0 Å². The molecule has 1 fully saturated rings. The summed E-state index contributed by atoms with van der Waals surface area (Å²) in [6, 6.07) is 8.20. The predicted molar refractivity (Wildman–Crippen MR) is 101 cm³/mol. The number of aromatic nitrogens is 1. The minimum Gasteiger partial charge on any atom is -0.490 e. The molecule has 1 saturated heterocycles. The number of piperidine rings is 1. The van der Waals surface area contributed by atoms with Gasteiger partial charge in [0.05, 0.1) is 6.20 Å². The molecule has 0 aliphatic carbocycles. The Bertz CT molecular complexity index is 776. The van der Waals surface area contributed by atoms with E-state index in [0.717, 1.165) is 50.1 Å². The van der Waals surface area contributed by atoms with E-state index < -0.39 is 11.7 Å². The lowest BCUT2D eigenvalue weighted by molar-refractivity contribution is -0.139. The van der Waals surface area contributed by atoms with E-state index in [1.54, 1.807) is 12.1 Å². The van der Waals surface area contributed by atoms with Crippen LogP contribution in [0.15, 0.2) is 42.7 Å². The first kappa shape index (κ1) is 20.7. The highest BCUT2D eigenvalue weighted by atomic mass is 35.5. The van der Waals surface area contributed by atoms with Crippen LogP contribution in [-0.2, 0) is 6.18 Å². The molecular formula is C20H22ClF3N2O2. The maximum Gasteiger partial charge on any atom is 0.420 e. The summed E-state index contributed by atoms with van der Waals surface area (Å²) in [7, 11) is 0. The van der Waals surface area contributed by atoms with Gasteiger partial charge in [0.1, 0.15) is 29.3 Å². The van der Waals surface area contributed by atoms with Crippen LogP contribution in [0.25, 0.3) is 0 Å². The molecule has 152 valence electrons. The van der Waals surface area contributed by atoms with E-state index >= 15 is 0 Å². The summed E-state index contributed by atoms with van der Waals surface area (Å²) in [6.07, 6.45) is -0.602. The number of alkyl halides is 3. The maximum atomic E-state index is 13.0. The van der Waals surface area contributed by atoms with E-state index in [1.807, 2.05) is 12.1 Å². The maximum absolute atomic E-state index is 13.0. The van der Waals surface area contributed by atoms with Gasteiger partial charge in [-0.3, -0.25) is 9.88 Å². The third kappa shape index (κ3) is 5.52. The van der Waals surface area contributed by atoms with Crippen LogP contribution in [0.1, 0.15) is 25.3 Å². The zero-order valence-corrected chi connectivity index (χ0v) is 16.3. The molecule has 3 rings (SSSR count). The second-order valence-corrected chi connectivity index (χ2v) is 7.50. The number of pyridine rings is 1. The van der Waals surface area contributed by atoms with Crippen LogP contribution in [0.5, 0.6) is 11.5 Å². The van der Waals surface area contributed by atoms with Gasteiger partial charge in [0.15, 0.2) is 0 Å². The highest BCUT2D eigenvalue weighted by Crippen LogP contribution is 2.35.